The lowest BCUT2D eigenvalue weighted by Crippen LogP contribution is -2.26. The molecule has 0 radical (unpaired) electrons. The van der Waals surface area contributed by atoms with Gasteiger partial charge in [-0.25, -0.2) is 9.97 Å². The molecule has 1 aromatic heterocycles. The first-order chi connectivity index (χ1) is 17.2. The van der Waals surface area contributed by atoms with Gasteiger partial charge in [-0.15, -0.1) is 0 Å². The molecular formula is C26H30F3N5O2. The summed E-state index contributed by atoms with van der Waals surface area (Å²) in [5, 5.41) is 6.37. The Morgan fingerprint density at radius 3 is 2.72 bits per heavy atom. The van der Waals surface area contributed by atoms with E-state index in [-0.39, 0.29) is 18.1 Å². The fourth-order valence-corrected chi connectivity index (χ4v) is 4.66. The number of alkyl halides is 3. The van der Waals surface area contributed by atoms with Crippen molar-refractivity contribution >= 4 is 17.5 Å². The van der Waals surface area contributed by atoms with Crippen LogP contribution in [0.4, 0.5) is 24.8 Å². The van der Waals surface area contributed by atoms with Gasteiger partial charge >= 0.3 is 6.18 Å². The minimum absolute atomic E-state index is 0.0513. The molecule has 1 aromatic carbocycles. The first-order valence-electron chi connectivity index (χ1n) is 12.0. The van der Waals surface area contributed by atoms with Crippen LogP contribution >= 0.6 is 0 Å². The SMILES string of the molecule is COc1cc(C2CCNCC2)ccc1Nc1ncc(C(F)(F)F)c(CCC2=CC(C(N)=O)=CCC2)n1. The molecule has 2 aromatic rings. The van der Waals surface area contributed by atoms with Crippen molar-refractivity contribution in [1.82, 2.24) is 15.3 Å². The van der Waals surface area contributed by atoms with E-state index in [0.29, 0.717) is 42.2 Å². The van der Waals surface area contributed by atoms with Crippen molar-refractivity contribution < 1.29 is 22.7 Å². The van der Waals surface area contributed by atoms with E-state index in [1.807, 2.05) is 18.2 Å². The predicted molar refractivity (Wildman–Crippen MR) is 131 cm³/mol. The summed E-state index contributed by atoms with van der Waals surface area (Å²) in [6.07, 6.45) is 3.37. The highest BCUT2D eigenvalue weighted by Gasteiger charge is 2.35. The highest BCUT2D eigenvalue weighted by molar-refractivity contribution is 5.95. The second-order valence-corrected chi connectivity index (χ2v) is 9.03. The van der Waals surface area contributed by atoms with Crippen LogP contribution in [-0.2, 0) is 17.4 Å². The van der Waals surface area contributed by atoms with E-state index in [0.717, 1.165) is 43.3 Å². The van der Waals surface area contributed by atoms with Gasteiger partial charge in [-0.1, -0.05) is 23.8 Å². The molecule has 36 heavy (non-hydrogen) atoms. The molecule has 0 bridgehead atoms. The molecule has 2 heterocycles. The molecule has 1 fully saturated rings. The van der Waals surface area contributed by atoms with Crippen molar-refractivity contribution in [2.75, 3.05) is 25.5 Å². The average molecular weight is 502 g/mol. The van der Waals surface area contributed by atoms with Gasteiger partial charge in [0.2, 0.25) is 11.9 Å². The topological polar surface area (TPSA) is 102 Å². The van der Waals surface area contributed by atoms with Gasteiger partial charge in [0, 0.05) is 11.8 Å². The Bertz CT molecular complexity index is 1170. The number of nitrogens with two attached hydrogens (primary N) is 1. The van der Waals surface area contributed by atoms with Crippen LogP contribution in [0.3, 0.4) is 0 Å². The number of anilines is 2. The zero-order valence-corrected chi connectivity index (χ0v) is 20.1. The number of carbonyl (C=O) groups is 1. The van der Waals surface area contributed by atoms with Crippen molar-refractivity contribution in [3.63, 3.8) is 0 Å². The van der Waals surface area contributed by atoms with E-state index in [2.05, 4.69) is 20.6 Å². The molecule has 0 atom stereocenters. The second kappa shape index (κ2) is 11.1. The summed E-state index contributed by atoms with van der Waals surface area (Å²) in [4.78, 5) is 19.6. The third kappa shape index (κ3) is 6.23. The van der Waals surface area contributed by atoms with Crippen LogP contribution in [0.2, 0.25) is 0 Å². The Labute approximate surface area is 208 Å². The molecule has 2 aliphatic rings. The van der Waals surface area contributed by atoms with Gasteiger partial charge < -0.3 is 21.1 Å². The number of halogens is 3. The first kappa shape index (κ1) is 25.7. The maximum atomic E-state index is 13.7. The number of methoxy groups -OCH3 is 1. The normalized spacial score (nSPS) is 16.8. The number of amides is 1. The van der Waals surface area contributed by atoms with Crippen molar-refractivity contribution in [3.8, 4) is 5.75 Å². The van der Waals surface area contributed by atoms with Crippen molar-refractivity contribution in [2.45, 2.75) is 50.6 Å². The quantitative estimate of drug-likeness (QED) is 0.481. The van der Waals surface area contributed by atoms with Gasteiger partial charge in [-0.2, -0.15) is 13.2 Å². The Morgan fingerprint density at radius 2 is 2.03 bits per heavy atom. The summed E-state index contributed by atoms with van der Waals surface area (Å²) in [7, 11) is 1.55. The Morgan fingerprint density at radius 1 is 1.25 bits per heavy atom. The molecule has 1 saturated heterocycles. The van der Waals surface area contributed by atoms with Gasteiger partial charge in [-0.05, 0) is 75.2 Å². The standard InChI is InChI=1S/C26H30F3N5O2/c1-36-23-14-18(17-9-11-31-12-10-17)6-8-22(23)34-25-32-15-20(26(27,28)29)21(33-25)7-5-16-3-2-4-19(13-16)24(30)35/h4,6,8,13-15,17,31H,2-3,5,7,9-12H2,1H3,(H2,30,35)(H,32,33,34). The van der Waals surface area contributed by atoms with Crippen molar-refractivity contribution in [3.05, 3.63) is 64.5 Å². The van der Waals surface area contributed by atoms with Crippen LogP contribution < -0.4 is 21.1 Å². The van der Waals surface area contributed by atoms with E-state index < -0.39 is 17.6 Å². The maximum absolute atomic E-state index is 13.7. The summed E-state index contributed by atoms with van der Waals surface area (Å²) in [5.41, 5.74) is 7.35. The number of benzene rings is 1. The van der Waals surface area contributed by atoms with E-state index in [1.165, 1.54) is 0 Å². The van der Waals surface area contributed by atoms with E-state index in [1.54, 1.807) is 19.3 Å². The lowest BCUT2D eigenvalue weighted by atomic mass is 9.90. The number of hydrogen-bond acceptors (Lipinski definition) is 6. The van der Waals surface area contributed by atoms with Crippen molar-refractivity contribution in [2.24, 2.45) is 5.73 Å². The number of carbonyl (C=O) groups excluding carboxylic acids is 1. The van der Waals surface area contributed by atoms with E-state index in [9.17, 15) is 18.0 Å². The number of hydrogen-bond donors (Lipinski definition) is 3. The van der Waals surface area contributed by atoms with Gasteiger partial charge in [0.1, 0.15) is 5.75 Å². The molecule has 7 nitrogen and oxygen atoms in total. The van der Waals surface area contributed by atoms with Crippen LogP contribution in [0.5, 0.6) is 5.75 Å². The minimum Gasteiger partial charge on any atom is -0.495 e. The molecule has 4 rings (SSSR count). The zero-order valence-electron chi connectivity index (χ0n) is 20.1. The van der Waals surface area contributed by atoms with Gasteiger partial charge in [-0.3, -0.25) is 4.79 Å². The number of aryl methyl sites for hydroxylation is 1. The number of aromatic nitrogens is 2. The monoisotopic (exact) mass is 501 g/mol. The van der Waals surface area contributed by atoms with E-state index >= 15 is 0 Å². The molecule has 4 N–H and O–H groups in total. The number of allylic oxidation sites excluding steroid dienone is 2. The highest BCUT2D eigenvalue weighted by Crippen LogP contribution is 2.35. The van der Waals surface area contributed by atoms with Crippen LogP contribution in [0, 0.1) is 0 Å². The highest BCUT2D eigenvalue weighted by atomic mass is 19.4. The minimum atomic E-state index is -4.58. The number of nitrogens with zero attached hydrogens (tertiary/aromatic N) is 2. The molecule has 1 aliphatic carbocycles. The molecule has 0 spiro atoms. The van der Waals surface area contributed by atoms with Gasteiger partial charge in [0.25, 0.3) is 0 Å². The zero-order chi connectivity index (χ0) is 25.7. The first-order valence-corrected chi connectivity index (χ1v) is 12.0. The summed E-state index contributed by atoms with van der Waals surface area (Å²) in [5.74, 6) is 0.523. The Kier molecular flexibility index (Phi) is 7.93. The smallest absolute Gasteiger partial charge is 0.419 e. The van der Waals surface area contributed by atoms with Crippen LogP contribution in [0.15, 0.2) is 47.7 Å². The lowest BCUT2D eigenvalue weighted by Gasteiger charge is -2.24. The van der Waals surface area contributed by atoms with Gasteiger partial charge in [0.15, 0.2) is 0 Å². The van der Waals surface area contributed by atoms with Crippen LogP contribution in [0.1, 0.15) is 54.8 Å². The summed E-state index contributed by atoms with van der Waals surface area (Å²) in [6, 6.07) is 5.81. The molecule has 10 heteroatoms. The summed E-state index contributed by atoms with van der Waals surface area (Å²) < 4.78 is 46.6. The second-order valence-electron chi connectivity index (χ2n) is 9.03. The molecule has 0 unspecified atom stereocenters. The fourth-order valence-electron chi connectivity index (χ4n) is 4.66. The van der Waals surface area contributed by atoms with Crippen LogP contribution in [-0.4, -0.2) is 36.1 Å². The Balaban J connectivity index is 1.55. The van der Waals surface area contributed by atoms with Crippen molar-refractivity contribution in [1.29, 1.82) is 0 Å². The number of rotatable bonds is 8. The average Bonchev–Trinajstić information content (AvgIpc) is 2.88. The largest absolute Gasteiger partial charge is 0.495 e. The van der Waals surface area contributed by atoms with Crippen LogP contribution in [0.25, 0.3) is 0 Å². The summed E-state index contributed by atoms with van der Waals surface area (Å²) in [6.45, 7) is 1.93. The number of primary amides is 1. The third-order valence-electron chi connectivity index (χ3n) is 6.61. The number of ether oxygens (including phenoxy) is 1. The third-order valence-corrected chi connectivity index (χ3v) is 6.61. The molecule has 192 valence electrons. The number of nitrogens with one attached hydrogen (secondary N) is 2. The molecular weight excluding hydrogens is 471 g/mol. The predicted octanol–water partition coefficient (Wildman–Crippen LogP) is 4.78. The molecule has 1 amide bonds. The maximum Gasteiger partial charge on any atom is 0.419 e. The molecule has 1 aliphatic heterocycles. The lowest BCUT2D eigenvalue weighted by molar-refractivity contribution is -0.138. The number of piperidine rings is 1. The van der Waals surface area contributed by atoms with Gasteiger partial charge in [0.05, 0.1) is 24.1 Å². The summed E-state index contributed by atoms with van der Waals surface area (Å²) >= 11 is 0. The fraction of sp³-hybridized carbons (Fsp3) is 0.423. The van der Waals surface area contributed by atoms with E-state index in [4.69, 9.17) is 10.5 Å². The molecule has 0 saturated carbocycles. The Hall–Kier alpha value is -3.40.